The van der Waals surface area contributed by atoms with Gasteiger partial charge in [-0.2, -0.15) is 17.5 Å². The summed E-state index contributed by atoms with van der Waals surface area (Å²) in [6.07, 6.45) is -2.07. The topological polar surface area (TPSA) is 55.2 Å². The maximum atomic E-state index is 12.5. The maximum Gasteiger partial charge on any atom is 0.406 e. The van der Waals surface area contributed by atoms with Crippen LogP contribution in [0, 0.1) is 0 Å². The standard InChI is InChI=1S/C14H14Cl2F3N3O2S/c1-21(7-13-20-4-5-22(13)9-14(17,18)19)25(23,24)8-10-2-3-11(15)12(16)6-10/h2-6H,7-9H2,1H3. The van der Waals surface area contributed by atoms with Crippen LogP contribution in [-0.4, -0.2) is 35.5 Å². The van der Waals surface area contributed by atoms with Gasteiger partial charge in [0.15, 0.2) is 0 Å². The van der Waals surface area contributed by atoms with Gasteiger partial charge in [-0.05, 0) is 17.7 Å². The van der Waals surface area contributed by atoms with Gasteiger partial charge in [-0.1, -0.05) is 29.3 Å². The first-order chi connectivity index (χ1) is 11.5. The molecule has 2 aromatic rings. The van der Waals surface area contributed by atoms with E-state index in [-0.39, 0.29) is 23.1 Å². The molecule has 0 saturated carbocycles. The molecule has 2 rings (SSSR count). The molecule has 25 heavy (non-hydrogen) atoms. The van der Waals surface area contributed by atoms with Gasteiger partial charge in [0.2, 0.25) is 10.0 Å². The molecule has 0 saturated heterocycles. The van der Waals surface area contributed by atoms with Crippen molar-refractivity contribution in [1.82, 2.24) is 13.9 Å². The molecule has 0 spiro atoms. The van der Waals surface area contributed by atoms with Crippen LogP contribution in [0.25, 0.3) is 0 Å². The minimum atomic E-state index is -4.42. The molecule has 1 heterocycles. The second-order valence-electron chi connectivity index (χ2n) is 5.35. The van der Waals surface area contributed by atoms with E-state index in [0.29, 0.717) is 10.6 Å². The lowest BCUT2D eigenvalue weighted by Gasteiger charge is -2.18. The third-order valence-electron chi connectivity index (χ3n) is 3.32. The third kappa shape index (κ3) is 5.60. The highest BCUT2D eigenvalue weighted by Gasteiger charge is 2.29. The van der Waals surface area contributed by atoms with Crippen LogP contribution in [0.3, 0.4) is 0 Å². The number of aromatic nitrogens is 2. The molecule has 0 aliphatic heterocycles. The number of rotatable bonds is 6. The molecule has 0 aliphatic carbocycles. The zero-order valence-corrected chi connectivity index (χ0v) is 15.3. The van der Waals surface area contributed by atoms with Crippen molar-refractivity contribution in [3.8, 4) is 0 Å². The highest BCUT2D eigenvalue weighted by Crippen LogP contribution is 2.24. The van der Waals surface area contributed by atoms with Crippen LogP contribution in [0.5, 0.6) is 0 Å². The van der Waals surface area contributed by atoms with Crippen LogP contribution in [0.4, 0.5) is 13.2 Å². The Bertz CT molecular complexity index is 853. The zero-order chi connectivity index (χ0) is 18.8. The number of nitrogens with zero attached hydrogens (tertiary/aromatic N) is 3. The third-order valence-corrected chi connectivity index (χ3v) is 5.84. The minimum Gasteiger partial charge on any atom is -0.325 e. The van der Waals surface area contributed by atoms with E-state index < -0.39 is 22.7 Å². The van der Waals surface area contributed by atoms with Gasteiger partial charge in [0.05, 0.1) is 22.3 Å². The van der Waals surface area contributed by atoms with Crippen molar-refractivity contribution >= 4 is 33.2 Å². The van der Waals surface area contributed by atoms with Crippen molar-refractivity contribution < 1.29 is 21.6 Å². The lowest BCUT2D eigenvalue weighted by atomic mass is 10.2. The highest BCUT2D eigenvalue weighted by atomic mass is 35.5. The van der Waals surface area contributed by atoms with Crippen LogP contribution >= 0.6 is 23.2 Å². The Morgan fingerprint density at radius 3 is 2.52 bits per heavy atom. The van der Waals surface area contributed by atoms with Crippen LogP contribution in [-0.2, 0) is 28.9 Å². The van der Waals surface area contributed by atoms with Crippen LogP contribution < -0.4 is 0 Å². The van der Waals surface area contributed by atoms with Gasteiger partial charge < -0.3 is 4.57 Å². The van der Waals surface area contributed by atoms with E-state index >= 15 is 0 Å². The van der Waals surface area contributed by atoms with E-state index in [4.69, 9.17) is 23.2 Å². The molecule has 5 nitrogen and oxygen atoms in total. The van der Waals surface area contributed by atoms with E-state index in [0.717, 1.165) is 15.1 Å². The van der Waals surface area contributed by atoms with Crippen molar-refractivity contribution in [3.63, 3.8) is 0 Å². The summed E-state index contributed by atoms with van der Waals surface area (Å²) in [5.74, 6) is -0.363. The summed E-state index contributed by atoms with van der Waals surface area (Å²) in [4.78, 5) is 3.80. The summed E-state index contributed by atoms with van der Waals surface area (Å²) in [6.45, 7) is -1.52. The normalized spacial score (nSPS) is 12.8. The molecule has 0 atom stereocenters. The van der Waals surface area contributed by atoms with Crippen molar-refractivity contribution in [2.24, 2.45) is 0 Å². The minimum absolute atomic E-state index is 0.00228. The summed E-state index contributed by atoms with van der Waals surface area (Å²) >= 11 is 11.6. The number of imidazole rings is 1. The van der Waals surface area contributed by atoms with Gasteiger partial charge in [-0.15, -0.1) is 0 Å². The van der Waals surface area contributed by atoms with Crippen molar-refractivity contribution in [2.45, 2.75) is 25.0 Å². The Morgan fingerprint density at radius 1 is 1.24 bits per heavy atom. The fourth-order valence-corrected chi connectivity index (χ4v) is 3.53. The number of alkyl halides is 3. The van der Waals surface area contributed by atoms with Gasteiger partial charge in [0, 0.05) is 19.4 Å². The number of hydrogen-bond donors (Lipinski definition) is 0. The zero-order valence-electron chi connectivity index (χ0n) is 13.0. The first-order valence-electron chi connectivity index (χ1n) is 6.92. The quantitative estimate of drug-likeness (QED) is 0.722. The lowest BCUT2D eigenvalue weighted by molar-refractivity contribution is -0.141. The molecule has 0 fully saturated rings. The van der Waals surface area contributed by atoms with E-state index in [2.05, 4.69) is 4.98 Å². The first kappa shape index (κ1) is 20.0. The molecule has 0 amide bonds. The van der Waals surface area contributed by atoms with Gasteiger partial charge in [0.1, 0.15) is 12.4 Å². The molecule has 0 aliphatic rings. The maximum absolute atomic E-state index is 12.5. The summed E-state index contributed by atoms with van der Waals surface area (Å²) in [6, 6.07) is 4.43. The summed E-state index contributed by atoms with van der Waals surface area (Å²) < 4.78 is 64.2. The molecule has 0 unspecified atom stereocenters. The molecule has 0 bridgehead atoms. The number of sulfonamides is 1. The first-order valence-corrected chi connectivity index (χ1v) is 9.29. The smallest absolute Gasteiger partial charge is 0.325 e. The van der Waals surface area contributed by atoms with Gasteiger partial charge in [-0.3, -0.25) is 0 Å². The number of benzene rings is 1. The van der Waals surface area contributed by atoms with E-state index in [1.807, 2.05) is 0 Å². The fourth-order valence-electron chi connectivity index (χ4n) is 2.08. The van der Waals surface area contributed by atoms with Gasteiger partial charge in [-0.25, -0.2) is 13.4 Å². The predicted octanol–water partition coefficient (Wildman–Crippen LogP) is 3.71. The van der Waals surface area contributed by atoms with Crippen LogP contribution in [0.1, 0.15) is 11.4 Å². The van der Waals surface area contributed by atoms with E-state index in [1.54, 1.807) is 0 Å². The molecule has 0 N–H and O–H groups in total. The van der Waals surface area contributed by atoms with Crippen molar-refractivity contribution in [3.05, 3.63) is 52.0 Å². The summed E-state index contributed by atoms with van der Waals surface area (Å²) in [5.41, 5.74) is 0.417. The van der Waals surface area contributed by atoms with Crippen molar-refractivity contribution in [1.29, 1.82) is 0 Å². The molecule has 1 aromatic heterocycles. The number of hydrogen-bond acceptors (Lipinski definition) is 3. The Hall–Kier alpha value is -1.29. The van der Waals surface area contributed by atoms with Crippen molar-refractivity contribution in [2.75, 3.05) is 7.05 Å². The van der Waals surface area contributed by atoms with Gasteiger partial charge >= 0.3 is 6.18 Å². The molecule has 11 heteroatoms. The van der Waals surface area contributed by atoms with Gasteiger partial charge in [0.25, 0.3) is 0 Å². The molecular weight excluding hydrogens is 402 g/mol. The predicted molar refractivity (Wildman–Crippen MR) is 88.8 cm³/mol. The lowest BCUT2D eigenvalue weighted by Crippen LogP contribution is -2.30. The van der Waals surface area contributed by atoms with Crippen LogP contribution in [0.15, 0.2) is 30.6 Å². The van der Waals surface area contributed by atoms with E-state index in [9.17, 15) is 21.6 Å². The Labute approximate surface area is 153 Å². The number of halogens is 5. The summed E-state index contributed by atoms with van der Waals surface area (Å²) in [5, 5.41) is 0.517. The Morgan fingerprint density at radius 2 is 1.92 bits per heavy atom. The molecule has 1 aromatic carbocycles. The fraction of sp³-hybridized carbons (Fsp3) is 0.357. The second kappa shape index (κ2) is 7.53. The average molecular weight is 416 g/mol. The summed E-state index contributed by atoms with van der Waals surface area (Å²) in [7, 11) is -2.51. The Kier molecular flexibility index (Phi) is 6.03. The molecular formula is C14H14Cl2F3N3O2S. The SMILES string of the molecule is CN(Cc1nccn1CC(F)(F)F)S(=O)(=O)Cc1ccc(Cl)c(Cl)c1. The monoisotopic (exact) mass is 415 g/mol. The van der Waals surface area contributed by atoms with E-state index in [1.165, 1.54) is 31.4 Å². The molecule has 138 valence electrons. The second-order valence-corrected chi connectivity index (χ2v) is 8.24. The largest absolute Gasteiger partial charge is 0.406 e. The molecule has 0 radical (unpaired) electrons. The van der Waals surface area contributed by atoms with Crippen LogP contribution in [0.2, 0.25) is 10.0 Å². The highest BCUT2D eigenvalue weighted by molar-refractivity contribution is 7.88. The Balaban J connectivity index is 2.13. The average Bonchev–Trinajstić information content (AvgIpc) is 2.87.